The number of carbonyl (C=O) groups is 1. The molecule has 1 aromatic heterocycles. The molecule has 3 aromatic rings. The molecule has 2 aromatic carbocycles. The monoisotopic (exact) mass is 377 g/mol. The van der Waals surface area contributed by atoms with Crippen molar-refractivity contribution in [2.24, 2.45) is 0 Å². The van der Waals surface area contributed by atoms with Gasteiger partial charge in [0, 0.05) is 11.8 Å². The molecule has 1 heterocycles. The molecule has 0 atom stereocenters. The van der Waals surface area contributed by atoms with E-state index >= 15 is 0 Å². The average Bonchev–Trinajstić information content (AvgIpc) is 3.04. The van der Waals surface area contributed by atoms with Gasteiger partial charge in [0.05, 0.1) is 12.0 Å². The molecule has 0 bridgehead atoms. The summed E-state index contributed by atoms with van der Waals surface area (Å²) in [6.07, 6.45) is -0.191. The summed E-state index contributed by atoms with van der Waals surface area (Å²) in [5.74, 6) is -1.70. The van der Waals surface area contributed by atoms with Crippen LogP contribution in [0.15, 0.2) is 47.0 Å². The molecular weight excluding hydrogens is 363 g/mol. The van der Waals surface area contributed by atoms with E-state index in [1.165, 1.54) is 6.07 Å². The van der Waals surface area contributed by atoms with Crippen LogP contribution in [0.25, 0.3) is 11.5 Å². The second kappa shape index (κ2) is 7.90. The third-order valence-corrected chi connectivity index (χ3v) is 3.51. The highest BCUT2D eigenvalue weighted by Gasteiger charge is 2.19. The first-order valence-electron chi connectivity index (χ1n) is 7.84. The summed E-state index contributed by atoms with van der Waals surface area (Å²) < 4.78 is 47.5. The first-order chi connectivity index (χ1) is 12.9. The molecule has 1 amide bonds. The van der Waals surface area contributed by atoms with E-state index in [2.05, 4.69) is 20.2 Å². The zero-order chi connectivity index (χ0) is 19.4. The van der Waals surface area contributed by atoms with E-state index < -0.39 is 18.2 Å². The smallest absolute Gasteiger partial charge is 0.387 e. The van der Waals surface area contributed by atoms with Gasteiger partial charge in [-0.15, -0.1) is 0 Å². The molecule has 0 saturated heterocycles. The number of hydrogen-bond acceptors (Lipinski definition) is 5. The fourth-order valence-electron chi connectivity index (χ4n) is 2.29. The van der Waals surface area contributed by atoms with E-state index in [1.807, 2.05) is 19.1 Å². The fraction of sp³-hybridized carbons (Fsp3) is 0.167. The van der Waals surface area contributed by atoms with E-state index in [4.69, 9.17) is 4.52 Å². The zero-order valence-corrected chi connectivity index (χ0v) is 14.1. The number of nitrogens with one attached hydrogen (secondary N) is 1. The second-order valence-corrected chi connectivity index (χ2v) is 5.63. The number of halogens is 3. The molecule has 140 valence electrons. The molecule has 6 nitrogen and oxygen atoms in total. The van der Waals surface area contributed by atoms with Crippen LogP contribution in [-0.4, -0.2) is 22.7 Å². The van der Waals surface area contributed by atoms with Crippen LogP contribution >= 0.6 is 0 Å². The summed E-state index contributed by atoms with van der Waals surface area (Å²) >= 11 is 0. The maximum absolute atomic E-state index is 13.3. The van der Waals surface area contributed by atoms with Gasteiger partial charge in [-0.1, -0.05) is 22.9 Å². The predicted molar refractivity (Wildman–Crippen MR) is 89.8 cm³/mol. The molecule has 3 rings (SSSR count). The molecule has 0 aliphatic carbocycles. The van der Waals surface area contributed by atoms with Gasteiger partial charge in [0.2, 0.25) is 5.91 Å². The van der Waals surface area contributed by atoms with Crippen molar-refractivity contribution >= 4 is 11.6 Å². The van der Waals surface area contributed by atoms with Gasteiger partial charge in [0.15, 0.2) is 5.82 Å². The van der Waals surface area contributed by atoms with Crippen molar-refractivity contribution in [3.8, 4) is 17.2 Å². The summed E-state index contributed by atoms with van der Waals surface area (Å²) in [4.78, 5) is 16.1. The van der Waals surface area contributed by atoms with E-state index in [9.17, 15) is 18.0 Å². The first-order valence-corrected chi connectivity index (χ1v) is 7.84. The Balaban J connectivity index is 1.73. The van der Waals surface area contributed by atoms with E-state index in [-0.39, 0.29) is 29.6 Å². The van der Waals surface area contributed by atoms with Crippen LogP contribution in [0.1, 0.15) is 11.4 Å². The number of aryl methyl sites for hydroxylation is 1. The Morgan fingerprint density at radius 1 is 1.22 bits per heavy atom. The summed E-state index contributed by atoms with van der Waals surface area (Å²) in [5.41, 5.74) is 1.66. The van der Waals surface area contributed by atoms with Gasteiger partial charge in [0.25, 0.3) is 5.89 Å². The lowest BCUT2D eigenvalue weighted by Crippen LogP contribution is -2.15. The standard InChI is InChI=1S/C18H14F3N3O3/c1-10-2-5-12(6-3-10)22-16(25)9-15-23-17(27-24-15)13-7-4-11(19)8-14(13)26-18(20)21/h2-8,18H,9H2,1H3,(H,22,25). The number of carbonyl (C=O) groups excluding carboxylic acids is 1. The predicted octanol–water partition coefficient (Wildman–Crippen LogP) is 3.97. The number of nitrogens with zero attached hydrogens (tertiary/aromatic N) is 2. The van der Waals surface area contributed by atoms with Gasteiger partial charge in [-0.2, -0.15) is 13.8 Å². The number of alkyl halides is 2. The lowest BCUT2D eigenvalue weighted by atomic mass is 10.2. The van der Waals surface area contributed by atoms with Gasteiger partial charge in [0.1, 0.15) is 11.6 Å². The molecule has 0 saturated carbocycles. The Labute approximate surface area is 152 Å². The van der Waals surface area contributed by atoms with Crippen molar-refractivity contribution in [1.29, 1.82) is 0 Å². The highest BCUT2D eigenvalue weighted by molar-refractivity contribution is 5.91. The maximum atomic E-state index is 13.3. The van der Waals surface area contributed by atoms with Gasteiger partial charge < -0.3 is 14.6 Å². The van der Waals surface area contributed by atoms with Crippen molar-refractivity contribution in [1.82, 2.24) is 10.1 Å². The lowest BCUT2D eigenvalue weighted by molar-refractivity contribution is -0.115. The minimum absolute atomic E-state index is 0.00519. The summed E-state index contributed by atoms with van der Waals surface area (Å²) in [7, 11) is 0. The van der Waals surface area contributed by atoms with Crippen LogP contribution < -0.4 is 10.1 Å². The highest BCUT2D eigenvalue weighted by Crippen LogP contribution is 2.30. The SMILES string of the molecule is Cc1ccc(NC(=O)Cc2noc(-c3ccc(F)cc3OC(F)F)n2)cc1. The third-order valence-electron chi connectivity index (χ3n) is 3.51. The lowest BCUT2D eigenvalue weighted by Gasteiger charge is -2.07. The minimum atomic E-state index is -3.15. The Hall–Kier alpha value is -3.36. The van der Waals surface area contributed by atoms with E-state index in [1.54, 1.807) is 12.1 Å². The topological polar surface area (TPSA) is 77.2 Å². The number of anilines is 1. The van der Waals surface area contributed by atoms with Crippen molar-refractivity contribution in [2.75, 3.05) is 5.32 Å². The van der Waals surface area contributed by atoms with Gasteiger partial charge >= 0.3 is 6.61 Å². The van der Waals surface area contributed by atoms with Crippen LogP contribution in [0.4, 0.5) is 18.9 Å². The van der Waals surface area contributed by atoms with Crippen LogP contribution in [0.5, 0.6) is 5.75 Å². The second-order valence-electron chi connectivity index (χ2n) is 5.63. The van der Waals surface area contributed by atoms with Gasteiger partial charge in [-0.25, -0.2) is 4.39 Å². The number of hydrogen-bond donors (Lipinski definition) is 1. The molecule has 0 spiro atoms. The maximum Gasteiger partial charge on any atom is 0.387 e. The van der Waals surface area contributed by atoms with Crippen LogP contribution in [0, 0.1) is 12.7 Å². The van der Waals surface area contributed by atoms with Crippen molar-refractivity contribution in [3.05, 3.63) is 59.7 Å². The molecule has 0 unspecified atom stereocenters. The summed E-state index contributed by atoms with van der Waals surface area (Å²) in [5, 5.41) is 6.32. The van der Waals surface area contributed by atoms with E-state index in [0.717, 1.165) is 17.7 Å². The number of amides is 1. The molecule has 27 heavy (non-hydrogen) atoms. The zero-order valence-electron chi connectivity index (χ0n) is 14.1. The van der Waals surface area contributed by atoms with Crippen molar-refractivity contribution < 1.29 is 27.2 Å². The van der Waals surface area contributed by atoms with Crippen molar-refractivity contribution in [3.63, 3.8) is 0 Å². The van der Waals surface area contributed by atoms with Crippen LogP contribution in [0.2, 0.25) is 0 Å². The minimum Gasteiger partial charge on any atom is -0.434 e. The Morgan fingerprint density at radius 2 is 1.96 bits per heavy atom. The molecular formula is C18H14F3N3O3. The summed E-state index contributed by atoms with van der Waals surface area (Å²) in [6, 6.07) is 10.2. The molecule has 0 aliphatic rings. The fourth-order valence-corrected chi connectivity index (χ4v) is 2.29. The highest BCUT2D eigenvalue weighted by atomic mass is 19.3. The van der Waals surface area contributed by atoms with E-state index in [0.29, 0.717) is 5.69 Å². The normalized spacial score (nSPS) is 10.9. The number of rotatable bonds is 6. The van der Waals surface area contributed by atoms with Crippen molar-refractivity contribution in [2.45, 2.75) is 20.0 Å². The molecule has 0 radical (unpaired) electrons. The first kappa shape index (κ1) is 18.4. The average molecular weight is 377 g/mol. The quantitative estimate of drug-likeness (QED) is 0.703. The number of ether oxygens (including phenoxy) is 1. The molecule has 9 heteroatoms. The van der Waals surface area contributed by atoms with Crippen LogP contribution in [0.3, 0.4) is 0 Å². The Morgan fingerprint density at radius 3 is 2.67 bits per heavy atom. The van der Waals surface area contributed by atoms with Gasteiger partial charge in [-0.3, -0.25) is 4.79 Å². The molecule has 0 fully saturated rings. The molecule has 0 aliphatic heterocycles. The van der Waals surface area contributed by atoms with Gasteiger partial charge in [-0.05, 0) is 31.2 Å². The Kier molecular flexibility index (Phi) is 5.39. The molecule has 1 N–H and O–H groups in total. The third kappa shape index (κ3) is 4.84. The largest absolute Gasteiger partial charge is 0.434 e. The Bertz CT molecular complexity index is 943. The number of aromatic nitrogens is 2. The number of benzene rings is 2. The van der Waals surface area contributed by atoms with Crippen LogP contribution in [-0.2, 0) is 11.2 Å². The summed E-state index contributed by atoms with van der Waals surface area (Å²) in [6.45, 7) is -1.22.